The molecule has 0 saturated heterocycles. The molecule has 0 saturated carbocycles. The summed E-state index contributed by atoms with van der Waals surface area (Å²) in [5.41, 5.74) is 0.890. The van der Waals surface area contributed by atoms with E-state index < -0.39 is 11.8 Å². The normalized spacial score (nSPS) is 12.0. The van der Waals surface area contributed by atoms with Crippen molar-refractivity contribution in [2.45, 2.75) is 33.1 Å². The summed E-state index contributed by atoms with van der Waals surface area (Å²) in [6.45, 7) is 4.78. The van der Waals surface area contributed by atoms with Gasteiger partial charge in [0.25, 0.3) is 0 Å². The summed E-state index contributed by atoms with van der Waals surface area (Å²) in [5, 5.41) is 20.8. The Balaban J connectivity index is 2.54. The molecule has 0 bridgehead atoms. The number of hydrogen-bond donors (Lipinski definition) is 2. The lowest BCUT2D eigenvalue weighted by Crippen LogP contribution is -2.16. The Labute approximate surface area is 124 Å². The van der Waals surface area contributed by atoms with Crippen LogP contribution in [0.1, 0.15) is 38.7 Å². The van der Waals surface area contributed by atoms with Crippen molar-refractivity contribution in [3.05, 3.63) is 29.6 Å². The average Bonchev–Trinajstić information content (AvgIpc) is 2.43. The van der Waals surface area contributed by atoms with E-state index in [2.05, 4.69) is 19.2 Å². The zero-order valence-electron chi connectivity index (χ0n) is 12.4. The van der Waals surface area contributed by atoms with E-state index in [0.717, 1.165) is 6.42 Å². The molecule has 0 heterocycles. The summed E-state index contributed by atoms with van der Waals surface area (Å²) in [7, 11) is 0. The Hall–Kier alpha value is -2.09. The summed E-state index contributed by atoms with van der Waals surface area (Å²) in [6.07, 6.45) is 1.62. The average molecular weight is 292 g/mol. The molecule has 0 aliphatic rings. The van der Waals surface area contributed by atoms with Crippen molar-refractivity contribution in [2.75, 3.05) is 11.9 Å². The van der Waals surface area contributed by atoms with E-state index in [9.17, 15) is 9.18 Å². The van der Waals surface area contributed by atoms with Gasteiger partial charge in [0.1, 0.15) is 11.9 Å². The van der Waals surface area contributed by atoms with Crippen LogP contribution in [0.15, 0.2) is 18.2 Å². The molecule has 1 unspecified atom stereocenters. The van der Waals surface area contributed by atoms with Crippen LogP contribution in [0, 0.1) is 29.0 Å². The fourth-order valence-electron chi connectivity index (χ4n) is 2.28. The van der Waals surface area contributed by atoms with Crippen LogP contribution in [-0.2, 0) is 4.79 Å². The fraction of sp³-hybridized carbons (Fsp3) is 0.500. The Bertz CT molecular complexity index is 523. The number of aliphatic carboxylic acids is 1. The Kier molecular flexibility index (Phi) is 6.67. The van der Waals surface area contributed by atoms with E-state index in [1.807, 2.05) is 6.07 Å². The highest BCUT2D eigenvalue weighted by Gasteiger charge is 2.15. The number of carboxylic acid groups (broad SMARTS) is 1. The van der Waals surface area contributed by atoms with Gasteiger partial charge in [0, 0.05) is 13.0 Å². The van der Waals surface area contributed by atoms with Crippen LogP contribution < -0.4 is 5.32 Å². The number of hydrogen-bond acceptors (Lipinski definition) is 3. The number of carboxylic acids is 1. The Morgan fingerprint density at radius 3 is 2.71 bits per heavy atom. The van der Waals surface area contributed by atoms with Crippen LogP contribution in [0.4, 0.5) is 10.1 Å². The fourth-order valence-corrected chi connectivity index (χ4v) is 2.28. The molecule has 0 amide bonds. The maximum Gasteiger partial charge on any atom is 0.303 e. The van der Waals surface area contributed by atoms with E-state index in [0.29, 0.717) is 30.5 Å². The number of halogens is 1. The first-order chi connectivity index (χ1) is 9.93. The molecule has 1 aromatic carbocycles. The van der Waals surface area contributed by atoms with Gasteiger partial charge in [-0.1, -0.05) is 13.8 Å². The molecule has 0 spiro atoms. The number of rotatable bonds is 8. The Morgan fingerprint density at radius 1 is 1.43 bits per heavy atom. The second-order valence-electron chi connectivity index (χ2n) is 5.45. The molecule has 21 heavy (non-hydrogen) atoms. The van der Waals surface area contributed by atoms with Crippen LogP contribution >= 0.6 is 0 Å². The van der Waals surface area contributed by atoms with Crippen LogP contribution in [0.2, 0.25) is 0 Å². The summed E-state index contributed by atoms with van der Waals surface area (Å²) in [5.74, 6) is -0.507. The van der Waals surface area contributed by atoms with Gasteiger partial charge in [-0.15, -0.1) is 0 Å². The number of anilines is 1. The van der Waals surface area contributed by atoms with Crippen LogP contribution in [0.25, 0.3) is 0 Å². The van der Waals surface area contributed by atoms with Crippen molar-refractivity contribution in [1.82, 2.24) is 0 Å². The van der Waals surface area contributed by atoms with Crippen molar-refractivity contribution < 1.29 is 14.3 Å². The summed E-state index contributed by atoms with van der Waals surface area (Å²) in [6, 6.07) is 6.02. The number of benzene rings is 1. The van der Waals surface area contributed by atoms with Crippen LogP contribution in [0.3, 0.4) is 0 Å². The topological polar surface area (TPSA) is 73.1 Å². The smallest absolute Gasteiger partial charge is 0.303 e. The highest BCUT2D eigenvalue weighted by molar-refractivity contribution is 5.66. The molecule has 1 atom stereocenters. The number of nitriles is 1. The first-order valence-electron chi connectivity index (χ1n) is 7.09. The maximum absolute atomic E-state index is 13.0. The van der Waals surface area contributed by atoms with Crippen LogP contribution in [-0.4, -0.2) is 17.6 Å². The number of nitrogens with zero attached hydrogens (tertiary/aromatic N) is 1. The maximum atomic E-state index is 13.0. The molecule has 0 fully saturated rings. The molecule has 0 aliphatic carbocycles. The van der Waals surface area contributed by atoms with Crippen LogP contribution in [0.5, 0.6) is 0 Å². The van der Waals surface area contributed by atoms with Gasteiger partial charge < -0.3 is 10.4 Å². The third-order valence-electron chi connectivity index (χ3n) is 3.60. The molecule has 0 aliphatic heterocycles. The van der Waals surface area contributed by atoms with Crippen molar-refractivity contribution in [2.24, 2.45) is 11.8 Å². The van der Waals surface area contributed by atoms with E-state index in [1.165, 1.54) is 12.1 Å². The van der Waals surface area contributed by atoms with Gasteiger partial charge in [-0.2, -0.15) is 5.26 Å². The zero-order valence-corrected chi connectivity index (χ0v) is 12.4. The first kappa shape index (κ1) is 17.0. The summed E-state index contributed by atoms with van der Waals surface area (Å²) < 4.78 is 13.0. The first-order valence-corrected chi connectivity index (χ1v) is 7.09. The van der Waals surface area contributed by atoms with E-state index in [1.54, 1.807) is 6.07 Å². The third kappa shape index (κ3) is 5.82. The largest absolute Gasteiger partial charge is 0.481 e. The highest BCUT2D eigenvalue weighted by Crippen LogP contribution is 2.22. The molecular weight excluding hydrogens is 271 g/mol. The minimum absolute atomic E-state index is 0.169. The molecule has 5 heteroatoms. The molecule has 114 valence electrons. The monoisotopic (exact) mass is 292 g/mol. The number of carbonyl (C=O) groups is 1. The molecular formula is C16H21FN2O2. The summed E-state index contributed by atoms with van der Waals surface area (Å²) >= 11 is 0. The molecule has 0 radical (unpaired) electrons. The quantitative estimate of drug-likeness (QED) is 0.767. The second kappa shape index (κ2) is 8.25. The molecule has 2 N–H and O–H groups in total. The second-order valence-corrected chi connectivity index (χ2v) is 5.45. The lowest BCUT2D eigenvalue weighted by molar-refractivity contribution is -0.137. The Morgan fingerprint density at radius 2 is 2.14 bits per heavy atom. The number of nitrogens with one attached hydrogen (secondary N) is 1. The predicted octanol–water partition coefficient (Wildman–Crippen LogP) is 3.64. The minimum Gasteiger partial charge on any atom is -0.481 e. The van der Waals surface area contributed by atoms with E-state index in [4.69, 9.17) is 10.4 Å². The zero-order chi connectivity index (χ0) is 15.8. The van der Waals surface area contributed by atoms with Gasteiger partial charge in [-0.05, 0) is 42.9 Å². The lowest BCUT2D eigenvalue weighted by atomic mass is 9.88. The predicted molar refractivity (Wildman–Crippen MR) is 79.4 cm³/mol. The van der Waals surface area contributed by atoms with Gasteiger partial charge >= 0.3 is 5.97 Å². The molecule has 4 nitrogen and oxygen atoms in total. The molecule has 1 rings (SSSR count). The molecule has 0 aromatic heterocycles. The van der Waals surface area contributed by atoms with E-state index in [-0.39, 0.29) is 12.0 Å². The van der Waals surface area contributed by atoms with Gasteiger partial charge in [-0.3, -0.25) is 4.79 Å². The standard InChI is InChI=1S/C16H21FN2O2/c1-11(2)12(3-6-16(20)21)7-8-19-15-5-4-14(17)9-13(15)10-18/h4-5,9,11-12,19H,3,6-8H2,1-2H3,(H,20,21). The highest BCUT2D eigenvalue weighted by atomic mass is 19.1. The van der Waals surface area contributed by atoms with Gasteiger partial charge in [0.2, 0.25) is 0 Å². The SMILES string of the molecule is CC(C)C(CCNc1ccc(F)cc1C#N)CCC(=O)O. The van der Waals surface area contributed by atoms with Gasteiger partial charge in [0.15, 0.2) is 0 Å². The third-order valence-corrected chi connectivity index (χ3v) is 3.60. The minimum atomic E-state index is -0.779. The van der Waals surface area contributed by atoms with Crippen molar-refractivity contribution in [3.8, 4) is 6.07 Å². The van der Waals surface area contributed by atoms with Crippen molar-refractivity contribution in [3.63, 3.8) is 0 Å². The van der Waals surface area contributed by atoms with Crippen molar-refractivity contribution in [1.29, 1.82) is 5.26 Å². The molecule has 1 aromatic rings. The summed E-state index contributed by atoms with van der Waals surface area (Å²) in [4.78, 5) is 10.6. The van der Waals surface area contributed by atoms with Gasteiger partial charge in [0.05, 0.1) is 11.3 Å². The van der Waals surface area contributed by atoms with E-state index >= 15 is 0 Å². The van der Waals surface area contributed by atoms with Crippen molar-refractivity contribution >= 4 is 11.7 Å². The van der Waals surface area contributed by atoms with Gasteiger partial charge in [-0.25, -0.2) is 4.39 Å². The lowest BCUT2D eigenvalue weighted by Gasteiger charge is -2.20.